The van der Waals surface area contributed by atoms with Gasteiger partial charge in [-0.05, 0) is 24.1 Å². The van der Waals surface area contributed by atoms with Crippen molar-refractivity contribution in [1.82, 2.24) is 4.98 Å². The highest BCUT2D eigenvalue weighted by Gasteiger charge is 1.99. The van der Waals surface area contributed by atoms with Crippen LogP contribution in [0.5, 0.6) is 0 Å². The van der Waals surface area contributed by atoms with Crippen molar-refractivity contribution in [1.29, 1.82) is 0 Å². The van der Waals surface area contributed by atoms with E-state index in [4.69, 9.17) is 5.11 Å². The van der Waals surface area contributed by atoms with Crippen molar-refractivity contribution >= 4 is 16.7 Å². The Kier molecular flexibility index (Phi) is 3.77. The quantitative estimate of drug-likeness (QED) is 0.687. The standard InChI is InChI=1S/C7H8N2.C4H10O/c1-8-7-4-5-2-3-6(7)9-5;1-4(2)3-5/h2-4,8-9H,1H3;4-5H,3H2,1-2H3. The highest BCUT2D eigenvalue weighted by Crippen LogP contribution is 2.21. The van der Waals surface area contributed by atoms with Crippen molar-refractivity contribution in [3.8, 4) is 0 Å². The van der Waals surface area contributed by atoms with Crippen molar-refractivity contribution in [2.45, 2.75) is 13.8 Å². The minimum Gasteiger partial charge on any atom is -0.396 e. The van der Waals surface area contributed by atoms with Crippen LogP contribution in [0.4, 0.5) is 5.69 Å². The molecule has 2 rings (SSSR count). The topological polar surface area (TPSA) is 48.0 Å². The van der Waals surface area contributed by atoms with E-state index < -0.39 is 0 Å². The van der Waals surface area contributed by atoms with Crippen molar-refractivity contribution in [3.05, 3.63) is 18.2 Å². The maximum atomic E-state index is 8.14. The highest BCUT2D eigenvalue weighted by molar-refractivity contribution is 5.82. The van der Waals surface area contributed by atoms with E-state index in [0.29, 0.717) is 12.5 Å². The number of aromatic nitrogens is 1. The third-order valence-electron chi connectivity index (χ3n) is 1.93. The molecule has 0 aromatic carbocycles. The van der Waals surface area contributed by atoms with Crippen LogP contribution in [0.2, 0.25) is 0 Å². The molecule has 0 fully saturated rings. The first-order chi connectivity index (χ1) is 6.67. The average molecular weight is 194 g/mol. The normalized spacial score (nSPS) is 10.4. The van der Waals surface area contributed by atoms with Gasteiger partial charge in [-0.15, -0.1) is 0 Å². The summed E-state index contributed by atoms with van der Waals surface area (Å²) in [6, 6.07) is 6.23. The number of aliphatic hydroxyl groups is 1. The lowest BCUT2D eigenvalue weighted by atomic mass is 10.2. The maximum Gasteiger partial charge on any atom is 0.0621 e. The molecule has 78 valence electrons. The Hall–Kier alpha value is -1.22. The van der Waals surface area contributed by atoms with Crippen LogP contribution in [0.1, 0.15) is 13.8 Å². The third-order valence-corrected chi connectivity index (χ3v) is 1.93. The van der Waals surface area contributed by atoms with Crippen LogP contribution < -0.4 is 5.32 Å². The van der Waals surface area contributed by atoms with E-state index in [1.165, 1.54) is 16.7 Å². The van der Waals surface area contributed by atoms with E-state index in [2.05, 4.69) is 28.5 Å². The second kappa shape index (κ2) is 4.86. The summed E-state index contributed by atoms with van der Waals surface area (Å²) in [6.45, 7) is 4.25. The molecule has 0 saturated heterocycles. The molecule has 2 bridgehead atoms. The number of anilines is 1. The fourth-order valence-electron chi connectivity index (χ4n) is 1.09. The first-order valence-corrected chi connectivity index (χ1v) is 4.87. The molecular weight excluding hydrogens is 176 g/mol. The lowest BCUT2D eigenvalue weighted by Crippen LogP contribution is -1.90. The van der Waals surface area contributed by atoms with Crippen molar-refractivity contribution in [3.63, 3.8) is 0 Å². The number of aliphatic hydroxyl groups excluding tert-OH is 1. The summed E-state index contributed by atoms with van der Waals surface area (Å²) >= 11 is 0. The second-order valence-corrected chi connectivity index (χ2v) is 3.71. The Morgan fingerprint density at radius 3 is 2.29 bits per heavy atom. The van der Waals surface area contributed by atoms with Crippen LogP contribution in [0.15, 0.2) is 18.2 Å². The van der Waals surface area contributed by atoms with Crippen LogP contribution in [-0.2, 0) is 0 Å². The molecule has 0 amide bonds. The summed E-state index contributed by atoms with van der Waals surface area (Å²) in [5.74, 6) is 0.440. The van der Waals surface area contributed by atoms with Gasteiger partial charge in [-0.25, -0.2) is 0 Å². The smallest absolute Gasteiger partial charge is 0.0621 e. The molecule has 0 aliphatic rings. The van der Waals surface area contributed by atoms with Gasteiger partial charge in [0.25, 0.3) is 0 Å². The molecule has 3 heteroatoms. The molecule has 0 aliphatic heterocycles. The predicted molar refractivity (Wildman–Crippen MR) is 61.0 cm³/mol. The number of rotatable bonds is 2. The van der Waals surface area contributed by atoms with Gasteiger partial charge in [0.1, 0.15) is 0 Å². The number of aromatic amines is 1. The monoisotopic (exact) mass is 194 g/mol. The van der Waals surface area contributed by atoms with Crippen molar-refractivity contribution < 1.29 is 5.11 Å². The van der Waals surface area contributed by atoms with E-state index in [-0.39, 0.29) is 0 Å². The number of H-pyrrole nitrogens is 1. The SMILES string of the molecule is CC(C)CO.CNc1cc2ccc1[nH]2. The van der Waals surface area contributed by atoms with Gasteiger partial charge in [0, 0.05) is 19.2 Å². The third kappa shape index (κ3) is 2.64. The summed E-state index contributed by atoms with van der Waals surface area (Å²) in [7, 11) is 1.93. The molecule has 2 heterocycles. The van der Waals surface area contributed by atoms with Gasteiger partial charge in [0.2, 0.25) is 0 Å². The number of hydrogen-bond acceptors (Lipinski definition) is 2. The van der Waals surface area contributed by atoms with E-state index in [1.54, 1.807) is 0 Å². The van der Waals surface area contributed by atoms with E-state index in [9.17, 15) is 0 Å². The second-order valence-electron chi connectivity index (χ2n) is 3.71. The van der Waals surface area contributed by atoms with Crippen LogP contribution in [0, 0.1) is 5.92 Å². The number of benzene rings is 1. The molecule has 0 spiro atoms. The van der Waals surface area contributed by atoms with Crippen molar-refractivity contribution in [2.24, 2.45) is 5.92 Å². The zero-order chi connectivity index (χ0) is 10.6. The summed E-state index contributed by atoms with van der Waals surface area (Å²) in [5, 5.41) is 11.2. The van der Waals surface area contributed by atoms with Crippen LogP contribution in [-0.4, -0.2) is 23.7 Å². The first kappa shape index (κ1) is 10.9. The van der Waals surface area contributed by atoms with E-state index in [1.807, 2.05) is 20.9 Å². The summed E-state index contributed by atoms with van der Waals surface area (Å²) < 4.78 is 0. The molecule has 14 heavy (non-hydrogen) atoms. The summed E-state index contributed by atoms with van der Waals surface area (Å²) in [5.41, 5.74) is 3.56. The van der Waals surface area contributed by atoms with Gasteiger partial charge < -0.3 is 15.4 Å². The molecular formula is C11H18N2O. The molecule has 3 N–H and O–H groups in total. The van der Waals surface area contributed by atoms with Gasteiger partial charge >= 0.3 is 0 Å². The molecule has 0 unspecified atom stereocenters. The van der Waals surface area contributed by atoms with Crippen LogP contribution in [0.3, 0.4) is 0 Å². The zero-order valence-electron chi connectivity index (χ0n) is 8.96. The molecule has 0 radical (unpaired) electrons. The Bertz CT molecular complexity index is 354. The summed E-state index contributed by atoms with van der Waals surface area (Å²) in [6.07, 6.45) is 0. The minimum absolute atomic E-state index is 0.306. The maximum absolute atomic E-state index is 8.14. The Labute approximate surface area is 84.5 Å². The van der Waals surface area contributed by atoms with Gasteiger partial charge in [-0.2, -0.15) is 0 Å². The highest BCUT2D eigenvalue weighted by atomic mass is 16.3. The number of hydrogen-bond donors (Lipinski definition) is 3. The first-order valence-electron chi connectivity index (χ1n) is 4.87. The fourth-order valence-corrected chi connectivity index (χ4v) is 1.09. The summed E-state index contributed by atoms with van der Waals surface area (Å²) in [4.78, 5) is 3.20. The van der Waals surface area contributed by atoms with E-state index in [0.717, 1.165) is 0 Å². The molecule has 2 aromatic heterocycles. The average Bonchev–Trinajstić information content (AvgIpc) is 2.79. The lowest BCUT2D eigenvalue weighted by molar-refractivity contribution is 0.248. The van der Waals surface area contributed by atoms with Gasteiger partial charge in [0.15, 0.2) is 0 Å². The minimum atomic E-state index is 0.306. The molecule has 3 nitrogen and oxygen atoms in total. The predicted octanol–water partition coefficient (Wildman–Crippen LogP) is 2.28. The molecule has 2 aromatic rings. The fraction of sp³-hybridized carbons (Fsp3) is 0.455. The van der Waals surface area contributed by atoms with Gasteiger partial charge in [-0.1, -0.05) is 13.8 Å². The van der Waals surface area contributed by atoms with Crippen LogP contribution in [0.25, 0.3) is 11.0 Å². The molecule has 0 aliphatic carbocycles. The molecule has 0 atom stereocenters. The van der Waals surface area contributed by atoms with Crippen molar-refractivity contribution in [2.75, 3.05) is 19.0 Å². The Morgan fingerprint density at radius 1 is 1.43 bits per heavy atom. The van der Waals surface area contributed by atoms with Gasteiger partial charge in [0.05, 0.1) is 11.2 Å². The Morgan fingerprint density at radius 2 is 2.07 bits per heavy atom. The Balaban J connectivity index is 0.000000171. The largest absolute Gasteiger partial charge is 0.396 e. The zero-order valence-corrected chi connectivity index (χ0v) is 8.96. The van der Waals surface area contributed by atoms with E-state index >= 15 is 0 Å². The number of fused-ring (bicyclic) bond motifs is 2. The number of nitrogens with one attached hydrogen (secondary N) is 2. The van der Waals surface area contributed by atoms with Gasteiger partial charge in [-0.3, -0.25) is 0 Å². The molecule has 0 saturated carbocycles. The lowest BCUT2D eigenvalue weighted by Gasteiger charge is -1.92. The van der Waals surface area contributed by atoms with Crippen LogP contribution >= 0.6 is 0 Å².